The highest BCUT2D eigenvalue weighted by atomic mass is 19.1. The number of carbonyl (C=O) groups excluding carboxylic acids is 1. The van der Waals surface area contributed by atoms with E-state index in [1.807, 2.05) is 30.3 Å². The number of aromatic nitrogens is 4. The summed E-state index contributed by atoms with van der Waals surface area (Å²) in [4.78, 5) is 27.3. The van der Waals surface area contributed by atoms with Crippen molar-refractivity contribution in [3.63, 3.8) is 0 Å². The third-order valence-corrected chi connectivity index (χ3v) is 6.65. The molecule has 0 saturated carbocycles. The number of hydrogen-bond acceptors (Lipinski definition) is 7. The number of hydrogen-bond donors (Lipinski definition) is 2. The normalized spacial score (nSPS) is 19.7. The Kier molecular flexibility index (Phi) is 6.70. The van der Waals surface area contributed by atoms with Crippen molar-refractivity contribution in [3.8, 4) is 0 Å². The van der Waals surface area contributed by atoms with Gasteiger partial charge in [0.25, 0.3) is 0 Å². The minimum atomic E-state index is -1.15. The van der Waals surface area contributed by atoms with Gasteiger partial charge in [-0.05, 0) is 31.0 Å². The number of aliphatic hydroxyl groups is 1. The molecule has 1 aliphatic heterocycles. The number of imidazole rings is 1. The van der Waals surface area contributed by atoms with Crippen LogP contribution in [0.25, 0.3) is 11.2 Å². The third-order valence-electron chi connectivity index (χ3n) is 6.65. The number of amides is 1. The molecule has 2 aromatic heterocycles. The van der Waals surface area contributed by atoms with Gasteiger partial charge in [-0.25, -0.2) is 28.5 Å². The van der Waals surface area contributed by atoms with Crippen molar-refractivity contribution in [3.05, 3.63) is 83.9 Å². The fourth-order valence-corrected chi connectivity index (χ4v) is 4.47. The lowest BCUT2D eigenvalue weighted by Gasteiger charge is -2.42. The highest BCUT2D eigenvalue weighted by Crippen LogP contribution is 2.34. The van der Waals surface area contributed by atoms with Gasteiger partial charge >= 0.3 is 6.09 Å². The van der Waals surface area contributed by atoms with Gasteiger partial charge in [0.05, 0.1) is 18.0 Å². The van der Waals surface area contributed by atoms with Crippen molar-refractivity contribution in [2.75, 3.05) is 18.4 Å². The molecule has 4 aromatic rings. The molecule has 3 heterocycles. The van der Waals surface area contributed by atoms with Gasteiger partial charge in [-0.15, -0.1) is 0 Å². The van der Waals surface area contributed by atoms with Crippen LogP contribution in [0, 0.1) is 11.6 Å². The van der Waals surface area contributed by atoms with Gasteiger partial charge in [0.1, 0.15) is 30.1 Å². The van der Waals surface area contributed by atoms with Crippen LogP contribution in [0.2, 0.25) is 0 Å². The first-order valence-electron chi connectivity index (χ1n) is 11.9. The minimum Gasteiger partial charge on any atom is -0.445 e. The maximum absolute atomic E-state index is 14.1. The van der Waals surface area contributed by atoms with Gasteiger partial charge in [-0.1, -0.05) is 36.4 Å². The average molecular weight is 509 g/mol. The number of fused-ring (bicyclic) bond motifs is 1. The summed E-state index contributed by atoms with van der Waals surface area (Å²) in [6, 6.07) is 12.5. The summed E-state index contributed by atoms with van der Waals surface area (Å²) in [5.74, 6) is -1.04. The largest absolute Gasteiger partial charge is 0.445 e. The number of halogens is 2. The van der Waals surface area contributed by atoms with Crippen LogP contribution in [0.5, 0.6) is 0 Å². The number of rotatable bonds is 6. The standard InChI is InChI=1S/C26H26F2N6O3/c1-26(36)10-11-33(25(35)37-14-17-6-3-2-4-7-17)13-21(26)34-16-32-22-23(30-15-31-24(22)34)29-12-18-19(27)8-5-9-20(18)28/h2-9,15-16,21,36H,10-14H2,1H3,(H,29,30,31)/t21-,26-/m1/s1. The first kappa shape index (κ1) is 24.6. The molecule has 9 nitrogen and oxygen atoms in total. The Hall–Kier alpha value is -4.12. The molecule has 37 heavy (non-hydrogen) atoms. The van der Waals surface area contributed by atoms with Crippen LogP contribution in [-0.2, 0) is 17.9 Å². The van der Waals surface area contributed by atoms with Crippen LogP contribution in [-0.4, -0.2) is 54.3 Å². The molecule has 0 bridgehead atoms. The Morgan fingerprint density at radius 3 is 2.65 bits per heavy atom. The van der Waals surface area contributed by atoms with E-state index >= 15 is 0 Å². The summed E-state index contributed by atoms with van der Waals surface area (Å²) in [6.45, 7) is 2.23. The number of likely N-dealkylation sites (tertiary alicyclic amines) is 1. The summed E-state index contributed by atoms with van der Waals surface area (Å²) in [5, 5.41) is 14.1. The van der Waals surface area contributed by atoms with Crippen LogP contribution in [0.4, 0.5) is 19.4 Å². The van der Waals surface area contributed by atoms with Gasteiger partial charge in [0.15, 0.2) is 11.5 Å². The van der Waals surface area contributed by atoms with Gasteiger partial charge in [-0.2, -0.15) is 0 Å². The summed E-state index contributed by atoms with van der Waals surface area (Å²) >= 11 is 0. The Labute approximate surface area is 211 Å². The maximum atomic E-state index is 14.1. The highest BCUT2D eigenvalue weighted by Gasteiger charge is 2.41. The summed E-state index contributed by atoms with van der Waals surface area (Å²) in [5.41, 5.74) is 0.395. The lowest BCUT2D eigenvalue weighted by Crippen LogP contribution is -2.52. The summed E-state index contributed by atoms with van der Waals surface area (Å²) < 4.78 is 35.3. The van der Waals surface area contributed by atoms with Crippen molar-refractivity contribution in [1.82, 2.24) is 24.4 Å². The van der Waals surface area contributed by atoms with Crippen LogP contribution in [0.1, 0.15) is 30.5 Å². The van der Waals surface area contributed by atoms with E-state index in [9.17, 15) is 18.7 Å². The third kappa shape index (κ3) is 5.08. The monoisotopic (exact) mass is 508 g/mol. The molecule has 2 aromatic carbocycles. The number of carbonyl (C=O) groups is 1. The van der Waals surface area contributed by atoms with Crippen molar-refractivity contribution in [2.24, 2.45) is 0 Å². The van der Waals surface area contributed by atoms with E-state index in [1.54, 1.807) is 16.4 Å². The maximum Gasteiger partial charge on any atom is 0.410 e. The van der Waals surface area contributed by atoms with Gasteiger partial charge < -0.3 is 24.6 Å². The van der Waals surface area contributed by atoms with Crippen molar-refractivity contribution in [1.29, 1.82) is 0 Å². The molecule has 5 rings (SSSR count). The average Bonchev–Trinajstić information content (AvgIpc) is 3.32. The van der Waals surface area contributed by atoms with E-state index in [-0.39, 0.29) is 25.3 Å². The predicted octanol–water partition coefficient (Wildman–Crippen LogP) is 4.05. The van der Waals surface area contributed by atoms with E-state index < -0.39 is 29.4 Å². The molecule has 0 unspecified atom stereocenters. The molecule has 1 fully saturated rings. The molecule has 0 spiro atoms. The van der Waals surface area contributed by atoms with E-state index in [4.69, 9.17) is 4.74 Å². The minimum absolute atomic E-state index is 0.117. The number of nitrogens with zero attached hydrogens (tertiary/aromatic N) is 5. The second-order valence-corrected chi connectivity index (χ2v) is 9.21. The Morgan fingerprint density at radius 2 is 1.89 bits per heavy atom. The molecule has 192 valence electrons. The Balaban J connectivity index is 1.35. The number of ether oxygens (including phenoxy) is 1. The molecule has 2 N–H and O–H groups in total. The van der Waals surface area contributed by atoms with Crippen LogP contribution in [0.15, 0.2) is 61.2 Å². The van der Waals surface area contributed by atoms with Gasteiger partial charge in [-0.3, -0.25) is 0 Å². The predicted molar refractivity (Wildman–Crippen MR) is 131 cm³/mol. The number of benzene rings is 2. The number of nitrogens with one attached hydrogen (secondary N) is 1. The molecule has 0 radical (unpaired) electrons. The first-order valence-corrected chi connectivity index (χ1v) is 11.9. The molecule has 1 amide bonds. The van der Waals surface area contributed by atoms with Gasteiger partial charge in [0.2, 0.25) is 0 Å². The fraction of sp³-hybridized carbons (Fsp3) is 0.308. The van der Waals surface area contributed by atoms with E-state index in [2.05, 4.69) is 20.3 Å². The van der Waals surface area contributed by atoms with Crippen molar-refractivity contribution >= 4 is 23.1 Å². The van der Waals surface area contributed by atoms with Crippen molar-refractivity contribution in [2.45, 2.75) is 38.1 Å². The number of piperidine rings is 1. The lowest BCUT2D eigenvalue weighted by molar-refractivity contribution is -0.0476. The van der Waals surface area contributed by atoms with E-state index in [0.717, 1.165) is 5.56 Å². The molecule has 11 heteroatoms. The second kappa shape index (κ2) is 10.1. The second-order valence-electron chi connectivity index (χ2n) is 9.21. The Morgan fingerprint density at radius 1 is 1.14 bits per heavy atom. The number of anilines is 1. The highest BCUT2D eigenvalue weighted by molar-refractivity contribution is 5.82. The zero-order valence-electron chi connectivity index (χ0n) is 20.1. The quantitative estimate of drug-likeness (QED) is 0.405. The lowest BCUT2D eigenvalue weighted by atomic mass is 9.88. The Bertz CT molecular complexity index is 1390. The van der Waals surface area contributed by atoms with E-state index in [1.165, 1.54) is 30.9 Å². The first-order chi connectivity index (χ1) is 17.8. The molecule has 1 saturated heterocycles. The molecular formula is C26H26F2N6O3. The van der Waals surface area contributed by atoms with Crippen molar-refractivity contribution < 1.29 is 23.4 Å². The molecule has 0 aliphatic carbocycles. The zero-order chi connectivity index (χ0) is 26.0. The topological polar surface area (TPSA) is 105 Å². The van der Waals surface area contributed by atoms with Crippen LogP contribution >= 0.6 is 0 Å². The smallest absolute Gasteiger partial charge is 0.410 e. The van der Waals surface area contributed by atoms with Crippen LogP contribution < -0.4 is 5.32 Å². The molecule has 1 aliphatic rings. The molecule has 2 atom stereocenters. The summed E-state index contributed by atoms with van der Waals surface area (Å²) in [6.07, 6.45) is 2.68. The van der Waals surface area contributed by atoms with Gasteiger partial charge in [0, 0.05) is 25.2 Å². The fourth-order valence-electron chi connectivity index (χ4n) is 4.47. The molecular weight excluding hydrogens is 482 g/mol. The van der Waals surface area contributed by atoms with E-state index in [0.29, 0.717) is 29.9 Å². The summed E-state index contributed by atoms with van der Waals surface area (Å²) in [7, 11) is 0. The zero-order valence-corrected chi connectivity index (χ0v) is 20.1. The van der Waals surface area contributed by atoms with Crippen LogP contribution in [0.3, 0.4) is 0 Å². The SMILES string of the molecule is C[C@@]1(O)CCN(C(=O)OCc2ccccc2)C[C@H]1n1cnc2c(NCc3c(F)cccc3F)ncnc21.